The first-order valence-electron chi connectivity index (χ1n) is 18.9. The largest absolute Gasteiger partial charge is 0.388 e. The molecule has 0 aliphatic carbocycles. The van der Waals surface area contributed by atoms with Gasteiger partial charge in [0.15, 0.2) is 12.5 Å². The SMILES string of the molecule is C[C@@H]1CC[C@H](O)[C@@H](n2cc(CNC(=O)CN(CC(=O)NCCCCCC(=O)ON3C(=O)CCC3=O)CC(=O)NCc3cn([C@H]4O[C@H](C)CC[C@@H]4O)nn3)nn2)O1. The first-order valence-corrected chi connectivity index (χ1v) is 18.9. The predicted molar refractivity (Wildman–Crippen MR) is 188 cm³/mol. The van der Waals surface area contributed by atoms with Gasteiger partial charge in [-0.3, -0.25) is 28.9 Å². The average molecular weight is 790 g/mol. The van der Waals surface area contributed by atoms with Gasteiger partial charge in [0.25, 0.3) is 11.8 Å². The molecule has 5 N–H and O–H groups in total. The van der Waals surface area contributed by atoms with Crippen LogP contribution in [0.3, 0.4) is 0 Å². The summed E-state index contributed by atoms with van der Waals surface area (Å²) in [6.45, 7) is 3.14. The highest BCUT2D eigenvalue weighted by Crippen LogP contribution is 2.27. The van der Waals surface area contributed by atoms with Gasteiger partial charge in [-0.1, -0.05) is 16.8 Å². The fourth-order valence-corrected chi connectivity index (χ4v) is 6.33. The van der Waals surface area contributed by atoms with Crippen LogP contribution in [0.4, 0.5) is 0 Å². The van der Waals surface area contributed by atoms with Crippen LogP contribution >= 0.6 is 0 Å². The molecule has 2 aromatic heterocycles. The zero-order valence-electron chi connectivity index (χ0n) is 31.6. The third-order valence-corrected chi connectivity index (χ3v) is 9.39. The number of aromatic nitrogens is 6. The van der Waals surface area contributed by atoms with Crippen LogP contribution in [0.1, 0.15) is 102 Å². The molecule has 0 spiro atoms. The molecule has 308 valence electrons. The second kappa shape index (κ2) is 20.3. The predicted octanol–water partition coefficient (Wildman–Crippen LogP) is -1.50. The number of unbranched alkanes of at least 4 members (excludes halogenated alkanes) is 2. The number of hydrogen-bond acceptors (Lipinski definition) is 16. The number of aliphatic hydroxyl groups excluding tert-OH is 2. The highest BCUT2D eigenvalue weighted by atomic mass is 16.7. The fraction of sp³-hybridized carbons (Fsp3) is 0.706. The van der Waals surface area contributed by atoms with Gasteiger partial charge in [-0.25, -0.2) is 14.2 Å². The summed E-state index contributed by atoms with van der Waals surface area (Å²) in [4.78, 5) is 80.5. The Balaban J connectivity index is 1.08. The van der Waals surface area contributed by atoms with E-state index in [1.165, 1.54) is 14.3 Å². The normalized spacial score (nSPS) is 24.0. The number of hydrogen-bond donors (Lipinski definition) is 5. The Morgan fingerprint density at radius 3 is 1.73 bits per heavy atom. The minimum absolute atomic E-state index is 0.00450. The van der Waals surface area contributed by atoms with Gasteiger partial charge in [0.2, 0.25) is 17.7 Å². The van der Waals surface area contributed by atoms with Gasteiger partial charge in [-0.15, -0.1) is 15.3 Å². The highest BCUT2D eigenvalue weighted by molar-refractivity contribution is 6.01. The van der Waals surface area contributed by atoms with Gasteiger partial charge in [-0.2, -0.15) is 0 Å². The molecule has 3 aliphatic heterocycles. The Hall–Kier alpha value is -4.90. The number of nitrogens with zero attached hydrogens (tertiary/aromatic N) is 8. The van der Waals surface area contributed by atoms with E-state index in [1.807, 2.05) is 13.8 Å². The monoisotopic (exact) mass is 789 g/mol. The van der Waals surface area contributed by atoms with E-state index in [9.17, 15) is 39.0 Å². The summed E-state index contributed by atoms with van der Waals surface area (Å²) in [7, 11) is 0. The molecule has 22 heteroatoms. The molecule has 0 unspecified atom stereocenters. The maximum absolute atomic E-state index is 13.0. The lowest BCUT2D eigenvalue weighted by atomic mass is 10.1. The second-order valence-electron chi connectivity index (χ2n) is 14.2. The van der Waals surface area contributed by atoms with Gasteiger partial charge < -0.3 is 40.5 Å². The lowest BCUT2D eigenvalue weighted by molar-refractivity contribution is -0.197. The van der Waals surface area contributed by atoms with Crippen molar-refractivity contribution in [2.75, 3.05) is 26.2 Å². The van der Waals surface area contributed by atoms with Crippen LogP contribution in [0, 0.1) is 0 Å². The first kappa shape index (κ1) is 42.2. The fourth-order valence-electron chi connectivity index (χ4n) is 6.33. The first-order chi connectivity index (χ1) is 26.8. The number of rotatable bonds is 19. The van der Waals surface area contributed by atoms with Crippen LogP contribution in [0.5, 0.6) is 0 Å². The summed E-state index contributed by atoms with van der Waals surface area (Å²) < 4.78 is 14.4. The van der Waals surface area contributed by atoms with Gasteiger partial charge in [0, 0.05) is 25.8 Å². The number of hydroxylamine groups is 2. The number of ether oxygens (including phenoxy) is 2. The van der Waals surface area contributed by atoms with Crippen molar-refractivity contribution in [2.24, 2.45) is 0 Å². The molecule has 3 saturated heterocycles. The van der Waals surface area contributed by atoms with Crippen LogP contribution in [0.15, 0.2) is 12.4 Å². The summed E-state index contributed by atoms with van der Waals surface area (Å²) in [5.41, 5.74) is 0.823. The number of amides is 5. The summed E-state index contributed by atoms with van der Waals surface area (Å²) in [5.74, 6) is -3.22. The van der Waals surface area contributed by atoms with E-state index in [1.54, 1.807) is 12.4 Å². The lowest BCUT2D eigenvalue weighted by Crippen LogP contribution is -2.47. The molecule has 22 nitrogen and oxygen atoms in total. The van der Waals surface area contributed by atoms with Gasteiger partial charge in [0.05, 0.1) is 57.3 Å². The van der Waals surface area contributed by atoms with Crippen molar-refractivity contribution in [3.8, 4) is 0 Å². The van der Waals surface area contributed by atoms with E-state index in [4.69, 9.17) is 14.3 Å². The molecule has 56 heavy (non-hydrogen) atoms. The molecule has 3 fully saturated rings. The Morgan fingerprint density at radius 1 is 0.750 bits per heavy atom. The van der Waals surface area contributed by atoms with Crippen molar-refractivity contribution in [1.82, 2.24) is 55.9 Å². The molecule has 0 bridgehead atoms. The Bertz CT molecular complexity index is 1590. The van der Waals surface area contributed by atoms with Gasteiger partial charge in [0.1, 0.15) is 23.6 Å². The zero-order chi connectivity index (χ0) is 40.2. The van der Waals surface area contributed by atoms with Crippen LogP contribution in [0.2, 0.25) is 0 Å². The third kappa shape index (κ3) is 12.6. The zero-order valence-corrected chi connectivity index (χ0v) is 31.6. The maximum atomic E-state index is 13.0. The number of carbonyl (C=O) groups is 6. The van der Waals surface area contributed by atoms with Crippen LogP contribution < -0.4 is 16.0 Å². The standard InChI is InChI=1S/C34H51N11O11/c1-21-7-9-25(46)33(54-21)43-16-23(38-40-43)14-36-28(49)19-42(18-27(48)35-13-5-3-4-6-32(53)56-45-30(51)11-12-31(45)52)20-29(50)37-15-24-17-44(41-39-24)34-26(47)10-8-22(2)55-34/h16-17,21-22,25-26,33-34,46-47H,3-15,18-20H2,1-2H3,(H,35,48)(H,36,49)(H,37,50)/t21-,22-,25+,26+,33+,34+/m1/s1. The van der Waals surface area contributed by atoms with Crippen LogP contribution in [0.25, 0.3) is 0 Å². The van der Waals surface area contributed by atoms with Crippen molar-refractivity contribution in [3.63, 3.8) is 0 Å². The smallest absolute Gasteiger partial charge is 0.333 e. The summed E-state index contributed by atoms with van der Waals surface area (Å²) in [6.07, 6.45) is 4.13. The van der Waals surface area contributed by atoms with E-state index < -0.39 is 60.2 Å². The van der Waals surface area contributed by atoms with E-state index in [2.05, 4.69) is 36.6 Å². The maximum Gasteiger partial charge on any atom is 0.333 e. The molecule has 0 radical (unpaired) electrons. The van der Waals surface area contributed by atoms with Crippen molar-refractivity contribution >= 4 is 35.5 Å². The molecular weight excluding hydrogens is 738 g/mol. The average Bonchev–Trinajstić information content (AvgIpc) is 3.91. The van der Waals surface area contributed by atoms with Crippen LogP contribution in [-0.4, -0.2) is 136 Å². The van der Waals surface area contributed by atoms with Crippen LogP contribution in [-0.2, 0) is 56.2 Å². The molecule has 0 aromatic carbocycles. The number of carbonyl (C=O) groups excluding carboxylic acids is 6. The minimum atomic E-state index is -0.750. The van der Waals surface area contributed by atoms with E-state index in [-0.39, 0.29) is 70.7 Å². The van der Waals surface area contributed by atoms with E-state index >= 15 is 0 Å². The summed E-state index contributed by atoms with van der Waals surface area (Å²) in [6, 6.07) is 0. The quantitative estimate of drug-likeness (QED) is 0.0801. The van der Waals surface area contributed by atoms with Crippen molar-refractivity contribution < 1.29 is 53.3 Å². The Kier molecular flexibility index (Phi) is 15.3. The second-order valence-corrected chi connectivity index (χ2v) is 14.2. The molecule has 3 aliphatic rings. The number of imide groups is 1. The molecular formula is C34H51N11O11. The summed E-state index contributed by atoms with van der Waals surface area (Å²) >= 11 is 0. The Morgan fingerprint density at radius 2 is 1.23 bits per heavy atom. The number of nitrogens with one attached hydrogen (secondary N) is 3. The molecule has 5 rings (SSSR count). The lowest BCUT2D eigenvalue weighted by Gasteiger charge is -2.31. The highest BCUT2D eigenvalue weighted by Gasteiger charge is 2.33. The number of aliphatic hydroxyl groups is 2. The van der Waals surface area contributed by atoms with E-state index in [0.29, 0.717) is 48.6 Å². The molecule has 6 atom stereocenters. The summed E-state index contributed by atoms with van der Waals surface area (Å²) in [5, 5.41) is 45.6. The Labute approximate surface area is 322 Å². The molecule has 2 aromatic rings. The van der Waals surface area contributed by atoms with E-state index in [0.717, 1.165) is 12.8 Å². The molecule has 5 amide bonds. The minimum Gasteiger partial charge on any atom is -0.388 e. The van der Waals surface area contributed by atoms with Crippen molar-refractivity contribution in [3.05, 3.63) is 23.8 Å². The molecule has 0 saturated carbocycles. The van der Waals surface area contributed by atoms with Gasteiger partial charge >= 0.3 is 5.97 Å². The third-order valence-electron chi connectivity index (χ3n) is 9.39. The topological polar surface area (TPSA) is 275 Å². The molecule has 5 heterocycles. The van der Waals surface area contributed by atoms with Crippen molar-refractivity contribution in [1.29, 1.82) is 0 Å². The van der Waals surface area contributed by atoms with Crippen molar-refractivity contribution in [2.45, 2.75) is 128 Å². The van der Waals surface area contributed by atoms with Gasteiger partial charge in [-0.05, 0) is 52.4 Å².